The van der Waals surface area contributed by atoms with E-state index in [0.717, 1.165) is 24.1 Å². The smallest absolute Gasteiger partial charge is 0.387 e. The van der Waals surface area contributed by atoms with E-state index in [9.17, 15) is 8.78 Å². The Morgan fingerprint density at radius 2 is 2.29 bits per heavy atom. The molecule has 0 saturated carbocycles. The molecule has 2 atom stereocenters. The third kappa shape index (κ3) is 2.00. The molecule has 1 aliphatic carbocycles. The Hall–Kier alpha value is -1.20. The van der Waals surface area contributed by atoms with Crippen LogP contribution in [0.25, 0.3) is 0 Å². The fourth-order valence-corrected chi connectivity index (χ4v) is 2.59. The Balaban J connectivity index is 1.86. The quantitative estimate of drug-likeness (QED) is 0.857. The lowest BCUT2D eigenvalue weighted by Crippen LogP contribution is -2.39. The molecule has 1 aromatic carbocycles. The molecule has 0 spiro atoms. The maximum atomic E-state index is 12.1. The minimum absolute atomic E-state index is 0.126. The molecule has 5 heteroatoms. The second-order valence-electron chi connectivity index (χ2n) is 4.28. The predicted octanol–water partition coefficient (Wildman–Crippen LogP) is 1.87. The van der Waals surface area contributed by atoms with Crippen molar-refractivity contribution < 1.29 is 18.3 Å². The minimum atomic E-state index is -2.77. The molecule has 3 nitrogen and oxygen atoms in total. The van der Waals surface area contributed by atoms with Crippen molar-refractivity contribution in [1.82, 2.24) is 5.32 Å². The molecule has 92 valence electrons. The summed E-state index contributed by atoms with van der Waals surface area (Å²) in [5.74, 6) is 0.220. The third-order valence-electron chi connectivity index (χ3n) is 3.27. The lowest BCUT2D eigenvalue weighted by Gasteiger charge is -2.27. The van der Waals surface area contributed by atoms with E-state index in [4.69, 9.17) is 4.74 Å². The number of benzene rings is 1. The Morgan fingerprint density at radius 1 is 1.41 bits per heavy atom. The first-order chi connectivity index (χ1) is 8.24. The largest absolute Gasteiger partial charge is 0.435 e. The number of halogens is 2. The lowest BCUT2D eigenvalue weighted by atomic mass is 10.1. The highest BCUT2D eigenvalue weighted by Gasteiger charge is 2.35. The van der Waals surface area contributed by atoms with Gasteiger partial charge in [0.25, 0.3) is 0 Å². The Kier molecular flexibility index (Phi) is 2.72. The summed E-state index contributed by atoms with van der Waals surface area (Å²) in [5, 5.41) is 3.38. The molecule has 3 rings (SSSR count). The highest BCUT2D eigenvalue weighted by molar-refractivity contribution is 5.42. The molecule has 1 aliphatic heterocycles. The van der Waals surface area contributed by atoms with E-state index in [2.05, 4.69) is 10.1 Å². The summed E-state index contributed by atoms with van der Waals surface area (Å²) in [4.78, 5) is 0. The normalized spacial score (nSPS) is 26.8. The van der Waals surface area contributed by atoms with Gasteiger partial charge in [0.2, 0.25) is 0 Å². The number of rotatable bonds is 2. The van der Waals surface area contributed by atoms with E-state index < -0.39 is 6.61 Å². The Morgan fingerprint density at radius 3 is 3.12 bits per heavy atom. The topological polar surface area (TPSA) is 30.5 Å². The van der Waals surface area contributed by atoms with Crippen LogP contribution < -0.4 is 10.1 Å². The SMILES string of the molecule is FC(F)Oc1ccc2c(c1)C[C@H]1OCCN[C@@H]21. The first-order valence-electron chi connectivity index (χ1n) is 5.66. The third-order valence-corrected chi connectivity index (χ3v) is 3.27. The van der Waals surface area contributed by atoms with Crippen molar-refractivity contribution in [3.8, 4) is 5.75 Å². The minimum Gasteiger partial charge on any atom is -0.435 e. The average Bonchev–Trinajstić information content (AvgIpc) is 2.65. The van der Waals surface area contributed by atoms with E-state index in [-0.39, 0.29) is 17.9 Å². The molecule has 0 amide bonds. The molecular weight excluding hydrogens is 228 g/mol. The van der Waals surface area contributed by atoms with Crippen LogP contribution >= 0.6 is 0 Å². The molecule has 1 heterocycles. The van der Waals surface area contributed by atoms with E-state index in [1.54, 1.807) is 12.1 Å². The van der Waals surface area contributed by atoms with E-state index in [0.29, 0.717) is 6.61 Å². The van der Waals surface area contributed by atoms with Crippen LogP contribution in [-0.2, 0) is 11.2 Å². The second kappa shape index (κ2) is 4.23. The van der Waals surface area contributed by atoms with Gasteiger partial charge in [0.1, 0.15) is 5.75 Å². The Bertz CT molecular complexity index is 425. The molecule has 2 aliphatic rings. The number of nitrogens with one attached hydrogen (secondary N) is 1. The molecule has 17 heavy (non-hydrogen) atoms. The zero-order valence-electron chi connectivity index (χ0n) is 9.16. The first-order valence-corrected chi connectivity index (χ1v) is 5.66. The van der Waals surface area contributed by atoms with Gasteiger partial charge in [0.15, 0.2) is 0 Å². The summed E-state index contributed by atoms with van der Waals surface area (Å²) in [5.41, 5.74) is 2.17. The molecular formula is C12H13F2NO2. The van der Waals surface area contributed by atoms with Crippen molar-refractivity contribution >= 4 is 0 Å². The highest BCUT2D eigenvalue weighted by atomic mass is 19.3. The van der Waals surface area contributed by atoms with Crippen LogP contribution in [0.1, 0.15) is 17.2 Å². The molecule has 1 saturated heterocycles. The van der Waals surface area contributed by atoms with Crippen molar-refractivity contribution in [3.63, 3.8) is 0 Å². The predicted molar refractivity (Wildman–Crippen MR) is 57.3 cm³/mol. The fourth-order valence-electron chi connectivity index (χ4n) is 2.59. The van der Waals surface area contributed by atoms with Crippen LogP contribution in [0.2, 0.25) is 0 Å². The van der Waals surface area contributed by atoms with E-state index >= 15 is 0 Å². The zero-order valence-corrected chi connectivity index (χ0v) is 9.16. The van der Waals surface area contributed by atoms with Crippen LogP contribution in [0.3, 0.4) is 0 Å². The molecule has 0 radical (unpaired) electrons. The standard InChI is InChI=1S/C12H13F2NO2/c13-12(14)17-8-1-2-9-7(5-8)6-10-11(9)15-3-4-16-10/h1-2,5,10-12,15H,3-4,6H2/t10-,11+/m1/s1. The van der Waals surface area contributed by atoms with Gasteiger partial charge in [-0.3, -0.25) is 0 Å². The molecule has 1 N–H and O–H groups in total. The van der Waals surface area contributed by atoms with E-state index in [1.807, 2.05) is 6.07 Å². The van der Waals surface area contributed by atoms with Gasteiger partial charge in [-0.15, -0.1) is 0 Å². The average molecular weight is 241 g/mol. The van der Waals surface area contributed by atoms with Crippen molar-refractivity contribution in [2.45, 2.75) is 25.2 Å². The summed E-state index contributed by atoms with van der Waals surface area (Å²) in [6, 6.07) is 5.31. The number of morpholine rings is 1. The number of hydrogen-bond donors (Lipinski definition) is 1. The number of ether oxygens (including phenoxy) is 2. The van der Waals surface area contributed by atoms with Crippen molar-refractivity contribution in [2.75, 3.05) is 13.2 Å². The summed E-state index contributed by atoms with van der Waals surface area (Å²) in [6.07, 6.45) is 0.883. The maximum absolute atomic E-state index is 12.1. The Labute approximate surface area is 97.7 Å². The van der Waals surface area contributed by atoms with Gasteiger partial charge in [-0.05, 0) is 23.3 Å². The van der Waals surface area contributed by atoms with Gasteiger partial charge in [-0.25, -0.2) is 0 Å². The van der Waals surface area contributed by atoms with Crippen LogP contribution in [-0.4, -0.2) is 25.9 Å². The van der Waals surface area contributed by atoms with Gasteiger partial charge in [-0.1, -0.05) is 6.07 Å². The zero-order chi connectivity index (χ0) is 11.8. The summed E-state index contributed by atoms with van der Waals surface area (Å²) in [6.45, 7) is -1.24. The van der Waals surface area contributed by atoms with Crippen LogP contribution in [0.4, 0.5) is 8.78 Å². The monoisotopic (exact) mass is 241 g/mol. The fraction of sp³-hybridized carbons (Fsp3) is 0.500. The van der Waals surface area contributed by atoms with Gasteiger partial charge in [0.05, 0.1) is 18.8 Å². The molecule has 0 bridgehead atoms. The lowest BCUT2D eigenvalue weighted by molar-refractivity contribution is -0.0498. The summed E-state index contributed by atoms with van der Waals surface area (Å²) in [7, 11) is 0. The van der Waals surface area contributed by atoms with Gasteiger partial charge in [-0.2, -0.15) is 8.78 Å². The van der Waals surface area contributed by atoms with Crippen molar-refractivity contribution in [1.29, 1.82) is 0 Å². The van der Waals surface area contributed by atoms with Crippen molar-refractivity contribution in [3.05, 3.63) is 29.3 Å². The number of hydrogen-bond acceptors (Lipinski definition) is 3. The van der Waals surface area contributed by atoms with E-state index in [1.165, 1.54) is 0 Å². The molecule has 0 unspecified atom stereocenters. The van der Waals surface area contributed by atoms with Gasteiger partial charge in [0, 0.05) is 13.0 Å². The van der Waals surface area contributed by atoms with Crippen LogP contribution in [0.15, 0.2) is 18.2 Å². The summed E-state index contributed by atoms with van der Waals surface area (Å²) >= 11 is 0. The number of fused-ring (bicyclic) bond motifs is 3. The molecule has 0 aromatic heterocycles. The summed E-state index contributed by atoms with van der Waals surface area (Å²) < 4.78 is 34.3. The number of alkyl halides is 2. The maximum Gasteiger partial charge on any atom is 0.387 e. The van der Waals surface area contributed by atoms with Crippen LogP contribution in [0, 0.1) is 0 Å². The van der Waals surface area contributed by atoms with Crippen molar-refractivity contribution in [2.24, 2.45) is 0 Å². The highest BCUT2D eigenvalue weighted by Crippen LogP contribution is 2.36. The van der Waals surface area contributed by atoms with Gasteiger partial charge >= 0.3 is 6.61 Å². The second-order valence-corrected chi connectivity index (χ2v) is 4.28. The molecule has 1 aromatic rings. The van der Waals surface area contributed by atoms with Crippen LogP contribution in [0.5, 0.6) is 5.75 Å². The first kappa shape index (κ1) is 10.9. The van der Waals surface area contributed by atoms with Gasteiger partial charge < -0.3 is 14.8 Å². The molecule has 1 fully saturated rings.